The van der Waals surface area contributed by atoms with Gasteiger partial charge in [0.1, 0.15) is 0 Å². The second-order valence-electron chi connectivity index (χ2n) is 7.52. The van der Waals surface area contributed by atoms with Gasteiger partial charge in [-0.05, 0) is 61.1 Å². The Labute approximate surface area is 161 Å². The maximum absolute atomic E-state index is 12.1. The highest BCUT2D eigenvalue weighted by Gasteiger charge is 2.43. The first-order valence-electron chi connectivity index (χ1n) is 9.44. The molecule has 27 heavy (non-hydrogen) atoms. The van der Waals surface area contributed by atoms with E-state index in [2.05, 4.69) is 63.4 Å². The third kappa shape index (κ3) is 3.44. The number of rotatable bonds is 8. The van der Waals surface area contributed by atoms with Crippen LogP contribution in [0.1, 0.15) is 47.9 Å². The molecule has 3 rings (SSSR count). The van der Waals surface area contributed by atoms with Gasteiger partial charge < -0.3 is 0 Å². The number of hydrogen-bond donors (Lipinski definition) is 0. The van der Waals surface area contributed by atoms with Gasteiger partial charge in [0.15, 0.2) is 11.6 Å². The molecule has 0 unspecified atom stereocenters. The lowest BCUT2D eigenvalue weighted by molar-refractivity contribution is -0.115. The minimum absolute atomic E-state index is 0.0414. The maximum Gasteiger partial charge on any atom is 0.155 e. The van der Waals surface area contributed by atoms with Crippen molar-refractivity contribution in [3.8, 4) is 11.1 Å². The molecule has 0 amide bonds. The molecule has 0 N–H and O–H groups in total. The third-order valence-electron chi connectivity index (χ3n) is 5.72. The van der Waals surface area contributed by atoms with Crippen LogP contribution in [-0.2, 0) is 15.0 Å². The number of fused-ring (bicyclic) bond motifs is 3. The van der Waals surface area contributed by atoms with Crippen molar-refractivity contribution in [2.45, 2.75) is 44.9 Å². The summed E-state index contributed by atoms with van der Waals surface area (Å²) in [5.41, 5.74) is 6.94. The molecular formula is C25H26O2. The molecule has 0 radical (unpaired) electrons. The van der Waals surface area contributed by atoms with E-state index in [1.807, 2.05) is 0 Å². The fourth-order valence-corrected chi connectivity index (χ4v) is 4.26. The number of carbonyl (C=O) groups is 2. The van der Waals surface area contributed by atoms with Gasteiger partial charge in [-0.15, -0.1) is 0 Å². The molecule has 0 fully saturated rings. The first-order valence-corrected chi connectivity index (χ1v) is 9.44. The number of benzene rings is 2. The van der Waals surface area contributed by atoms with E-state index in [0.29, 0.717) is 25.7 Å². The van der Waals surface area contributed by atoms with Crippen molar-refractivity contribution in [1.29, 1.82) is 0 Å². The summed E-state index contributed by atoms with van der Waals surface area (Å²) in [6, 6.07) is 13.0. The van der Waals surface area contributed by atoms with Crippen LogP contribution in [0.2, 0.25) is 0 Å². The summed E-state index contributed by atoms with van der Waals surface area (Å²) in [6.45, 7) is 11.4. The standard InChI is InChI=1S/C25H26O2/c1-5-19(26)11-13-25(14-12-20(27)6-2)23-15-17(3)7-9-21(23)22-10-8-18(4)16-24(22)25/h5-10,15-16H,1-2,11-14H2,3-4H3. The van der Waals surface area contributed by atoms with Gasteiger partial charge >= 0.3 is 0 Å². The van der Waals surface area contributed by atoms with Gasteiger partial charge in [0.2, 0.25) is 0 Å². The van der Waals surface area contributed by atoms with E-state index < -0.39 is 0 Å². The molecule has 2 aromatic carbocycles. The van der Waals surface area contributed by atoms with Crippen molar-refractivity contribution >= 4 is 11.6 Å². The van der Waals surface area contributed by atoms with Crippen LogP contribution in [0.5, 0.6) is 0 Å². The predicted octanol–water partition coefficient (Wildman–Crippen LogP) is 5.64. The Hall–Kier alpha value is -2.74. The van der Waals surface area contributed by atoms with Crippen LogP contribution in [0, 0.1) is 13.8 Å². The highest BCUT2D eigenvalue weighted by molar-refractivity contribution is 5.91. The Morgan fingerprint density at radius 3 is 1.59 bits per heavy atom. The van der Waals surface area contributed by atoms with Gasteiger partial charge in [0, 0.05) is 18.3 Å². The van der Waals surface area contributed by atoms with E-state index in [1.54, 1.807) is 0 Å². The van der Waals surface area contributed by atoms with E-state index >= 15 is 0 Å². The van der Waals surface area contributed by atoms with Crippen molar-refractivity contribution < 1.29 is 9.59 Å². The Morgan fingerprint density at radius 2 is 1.22 bits per heavy atom. The molecule has 2 nitrogen and oxygen atoms in total. The second kappa shape index (κ2) is 7.48. The summed E-state index contributed by atoms with van der Waals surface area (Å²) >= 11 is 0. The molecule has 0 aliphatic heterocycles. The van der Waals surface area contributed by atoms with Crippen molar-refractivity contribution in [3.63, 3.8) is 0 Å². The van der Waals surface area contributed by atoms with Gasteiger partial charge in [-0.3, -0.25) is 9.59 Å². The Kier molecular flexibility index (Phi) is 5.27. The van der Waals surface area contributed by atoms with Crippen molar-refractivity contribution in [2.24, 2.45) is 0 Å². The lowest BCUT2D eigenvalue weighted by atomic mass is 9.70. The summed E-state index contributed by atoms with van der Waals surface area (Å²) in [6.07, 6.45) is 4.99. The van der Waals surface area contributed by atoms with Crippen molar-refractivity contribution in [3.05, 3.63) is 84.0 Å². The zero-order valence-electron chi connectivity index (χ0n) is 16.2. The average Bonchev–Trinajstić information content (AvgIpc) is 2.93. The molecule has 0 spiro atoms. The normalized spacial score (nSPS) is 13.6. The van der Waals surface area contributed by atoms with E-state index in [0.717, 1.165) is 0 Å². The van der Waals surface area contributed by atoms with E-state index in [9.17, 15) is 9.59 Å². The number of carbonyl (C=O) groups excluding carboxylic acids is 2. The van der Waals surface area contributed by atoms with Crippen molar-refractivity contribution in [2.75, 3.05) is 0 Å². The van der Waals surface area contributed by atoms with E-state index in [-0.39, 0.29) is 17.0 Å². The summed E-state index contributed by atoms with van der Waals surface area (Å²) in [5.74, 6) is 0.0828. The summed E-state index contributed by atoms with van der Waals surface area (Å²) in [7, 11) is 0. The van der Waals surface area contributed by atoms with Crippen LogP contribution >= 0.6 is 0 Å². The van der Waals surface area contributed by atoms with E-state index in [4.69, 9.17) is 0 Å². The summed E-state index contributed by atoms with van der Waals surface area (Å²) in [5, 5.41) is 0. The monoisotopic (exact) mass is 358 g/mol. The molecule has 1 aliphatic rings. The molecule has 138 valence electrons. The molecule has 0 atom stereocenters. The molecule has 2 aromatic rings. The number of ketones is 2. The number of hydrogen-bond acceptors (Lipinski definition) is 2. The lowest BCUT2D eigenvalue weighted by Gasteiger charge is -2.32. The first kappa shape index (κ1) is 19.0. The molecule has 0 saturated heterocycles. The van der Waals surface area contributed by atoms with E-state index in [1.165, 1.54) is 45.5 Å². The average molecular weight is 358 g/mol. The van der Waals surface area contributed by atoms with Crippen molar-refractivity contribution in [1.82, 2.24) is 0 Å². The Bertz CT molecular complexity index is 856. The molecule has 1 aliphatic carbocycles. The highest BCUT2D eigenvalue weighted by Crippen LogP contribution is 2.54. The van der Waals surface area contributed by atoms with Crippen LogP contribution in [0.15, 0.2) is 61.7 Å². The Balaban J connectivity index is 2.19. The van der Waals surface area contributed by atoms with Gasteiger partial charge in [0.25, 0.3) is 0 Å². The third-order valence-corrected chi connectivity index (χ3v) is 5.72. The fraction of sp³-hybridized carbons (Fsp3) is 0.280. The lowest BCUT2D eigenvalue weighted by Crippen LogP contribution is -2.27. The molecule has 0 saturated carbocycles. The number of aryl methyl sites for hydroxylation is 2. The van der Waals surface area contributed by atoms with Gasteiger partial charge in [-0.1, -0.05) is 60.7 Å². The molecular weight excluding hydrogens is 332 g/mol. The van der Waals surface area contributed by atoms with Gasteiger partial charge in [-0.25, -0.2) is 0 Å². The maximum atomic E-state index is 12.1. The largest absolute Gasteiger partial charge is 0.295 e. The topological polar surface area (TPSA) is 34.1 Å². The Morgan fingerprint density at radius 1 is 0.815 bits per heavy atom. The molecule has 0 aromatic heterocycles. The first-order chi connectivity index (χ1) is 12.9. The number of allylic oxidation sites excluding steroid dienone is 2. The summed E-state index contributed by atoms with van der Waals surface area (Å²) < 4.78 is 0. The van der Waals surface area contributed by atoms with Crippen LogP contribution in [0.4, 0.5) is 0 Å². The minimum atomic E-state index is -0.333. The van der Waals surface area contributed by atoms with Crippen LogP contribution in [0.25, 0.3) is 11.1 Å². The zero-order valence-corrected chi connectivity index (χ0v) is 16.2. The second-order valence-corrected chi connectivity index (χ2v) is 7.52. The minimum Gasteiger partial charge on any atom is -0.295 e. The van der Waals surface area contributed by atoms with Gasteiger partial charge in [0.05, 0.1) is 0 Å². The molecule has 0 heterocycles. The van der Waals surface area contributed by atoms with Crippen LogP contribution in [-0.4, -0.2) is 11.6 Å². The van der Waals surface area contributed by atoms with Gasteiger partial charge in [-0.2, -0.15) is 0 Å². The smallest absolute Gasteiger partial charge is 0.155 e. The quantitative estimate of drug-likeness (QED) is 0.572. The zero-order chi connectivity index (χ0) is 19.6. The highest BCUT2D eigenvalue weighted by atomic mass is 16.1. The SMILES string of the molecule is C=CC(=O)CCC1(CCC(=O)C=C)c2cc(C)ccc2-c2ccc(C)cc21. The van der Waals surface area contributed by atoms with Crippen LogP contribution < -0.4 is 0 Å². The summed E-state index contributed by atoms with van der Waals surface area (Å²) in [4.78, 5) is 24.1. The fourth-order valence-electron chi connectivity index (χ4n) is 4.26. The predicted molar refractivity (Wildman–Crippen MR) is 111 cm³/mol. The molecule has 0 bridgehead atoms. The van der Waals surface area contributed by atoms with Crippen LogP contribution in [0.3, 0.4) is 0 Å². The molecule has 2 heteroatoms.